The van der Waals surface area contributed by atoms with Gasteiger partial charge in [-0.2, -0.15) is 0 Å². The Bertz CT molecular complexity index is 896. The molecule has 1 heterocycles. The maximum absolute atomic E-state index is 12.8. The molecule has 0 spiro atoms. The number of nitrogens with one attached hydrogen (secondary N) is 1. The molecule has 3 rings (SSSR count). The van der Waals surface area contributed by atoms with Crippen LogP contribution in [0.25, 0.3) is 0 Å². The zero-order valence-electron chi connectivity index (χ0n) is 16.4. The average molecular weight is 384 g/mol. The summed E-state index contributed by atoms with van der Waals surface area (Å²) in [5, 5.41) is 2.86. The second kappa shape index (κ2) is 8.21. The van der Waals surface area contributed by atoms with Crippen LogP contribution in [-0.2, 0) is 9.59 Å². The van der Waals surface area contributed by atoms with Crippen molar-refractivity contribution in [2.24, 2.45) is 5.92 Å². The molecule has 0 saturated carbocycles. The smallest absolute Gasteiger partial charge is 0.229 e. The molecule has 1 aliphatic rings. The van der Waals surface area contributed by atoms with E-state index in [1.54, 1.807) is 37.3 Å². The van der Waals surface area contributed by atoms with Crippen LogP contribution in [0.3, 0.4) is 0 Å². The van der Waals surface area contributed by atoms with E-state index in [9.17, 15) is 9.59 Å². The molecule has 0 aromatic heterocycles. The number of anilines is 2. The van der Waals surface area contributed by atoms with Gasteiger partial charge >= 0.3 is 0 Å². The summed E-state index contributed by atoms with van der Waals surface area (Å²) < 4.78 is 15.9. The zero-order chi connectivity index (χ0) is 20.3. The highest BCUT2D eigenvalue weighted by Crippen LogP contribution is 2.35. The van der Waals surface area contributed by atoms with E-state index in [1.165, 1.54) is 7.11 Å². The lowest BCUT2D eigenvalue weighted by atomic mass is 10.1. The van der Waals surface area contributed by atoms with Gasteiger partial charge in [0, 0.05) is 19.0 Å². The summed E-state index contributed by atoms with van der Waals surface area (Å²) in [5.41, 5.74) is 2.23. The van der Waals surface area contributed by atoms with Crippen molar-refractivity contribution < 1.29 is 23.8 Å². The molecule has 1 N–H and O–H groups in total. The molecule has 1 saturated heterocycles. The molecule has 7 nitrogen and oxygen atoms in total. The normalized spacial score (nSPS) is 16.1. The van der Waals surface area contributed by atoms with E-state index in [0.29, 0.717) is 35.2 Å². The molecule has 7 heteroatoms. The number of hydrogen-bond donors (Lipinski definition) is 1. The number of amides is 2. The fourth-order valence-corrected chi connectivity index (χ4v) is 3.26. The molecule has 0 aliphatic carbocycles. The van der Waals surface area contributed by atoms with Gasteiger partial charge in [-0.05, 0) is 36.8 Å². The molecule has 2 aromatic rings. The topological polar surface area (TPSA) is 77.1 Å². The minimum absolute atomic E-state index is 0.106. The van der Waals surface area contributed by atoms with E-state index in [0.717, 1.165) is 5.56 Å². The van der Waals surface area contributed by atoms with Crippen molar-refractivity contribution in [3.8, 4) is 17.2 Å². The molecule has 2 aromatic carbocycles. The SMILES string of the molecule is COc1ccc(NC(=O)[C@@H]2CC(=O)N(c3cc(C)ccc3OC)C2)c(OC)c1. The number of nitrogens with zero attached hydrogens (tertiary/aromatic N) is 1. The second-order valence-corrected chi connectivity index (χ2v) is 6.64. The summed E-state index contributed by atoms with van der Waals surface area (Å²) in [7, 11) is 4.65. The van der Waals surface area contributed by atoms with Crippen LogP contribution in [0.15, 0.2) is 36.4 Å². The number of methoxy groups -OCH3 is 3. The Balaban J connectivity index is 1.77. The van der Waals surface area contributed by atoms with Crippen LogP contribution < -0.4 is 24.4 Å². The molecule has 1 atom stereocenters. The lowest BCUT2D eigenvalue weighted by Crippen LogP contribution is -2.28. The van der Waals surface area contributed by atoms with Gasteiger partial charge in [-0.3, -0.25) is 9.59 Å². The summed E-state index contributed by atoms with van der Waals surface area (Å²) in [4.78, 5) is 27.0. The molecule has 2 amide bonds. The Labute approximate surface area is 164 Å². The largest absolute Gasteiger partial charge is 0.497 e. The maximum atomic E-state index is 12.8. The summed E-state index contributed by atoms with van der Waals surface area (Å²) >= 11 is 0. The Kier molecular flexibility index (Phi) is 5.73. The van der Waals surface area contributed by atoms with Crippen LogP contribution >= 0.6 is 0 Å². The number of carbonyl (C=O) groups excluding carboxylic acids is 2. The minimum atomic E-state index is -0.468. The minimum Gasteiger partial charge on any atom is -0.497 e. The first-order valence-electron chi connectivity index (χ1n) is 8.94. The van der Waals surface area contributed by atoms with Gasteiger partial charge in [0.05, 0.1) is 38.6 Å². The highest BCUT2D eigenvalue weighted by molar-refractivity contribution is 6.04. The first kappa shape index (κ1) is 19.5. The molecule has 28 heavy (non-hydrogen) atoms. The first-order chi connectivity index (χ1) is 13.5. The Morgan fingerprint density at radius 3 is 2.46 bits per heavy atom. The van der Waals surface area contributed by atoms with Crippen molar-refractivity contribution in [2.45, 2.75) is 13.3 Å². The number of aryl methyl sites for hydroxylation is 1. The molecule has 1 fully saturated rings. The highest BCUT2D eigenvalue weighted by Gasteiger charge is 2.36. The van der Waals surface area contributed by atoms with Crippen LogP contribution in [0.1, 0.15) is 12.0 Å². The molecular weight excluding hydrogens is 360 g/mol. The third-order valence-electron chi connectivity index (χ3n) is 4.79. The van der Waals surface area contributed by atoms with Gasteiger partial charge in [0.25, 0.3) is 0 Å². The van der Waals surface area contributed by atoms with Crippen LogP contribution in [0.2, 0.25) is 0 Å². The zero-order valence-corrected chi connectivity index (χ0v) is 16.4. The third kappa shape index (κ3) is 3.88. The summed E-state index contributed by atoms with van der Waals surface area (Å²) in [5.74, 6) is 0.927. The van der Waals surface area contributed by atoms with Gasteiger partial charge in [-0.1, -0.05) is 6.07 Å². The van der Waals surface area contributed by atoms with E-state index in [2.05, 4.69) is 5.32 Å². The van der Waals surface area contributed by atoms with E-state index in [-0.39, 0.29) is 18.2 Å². The van der Waals surface area contributed by atoms with Crippen LogP contribution in [0.5, 0.6) is 17.2 Å². The summed E-state index contributed by atoms with van der Waals surface area (Å²) in [6.45, 7) is 2.24. The van der Waals surface area contributed by atoms with E-state index >= 15 is 0 Å². The van der Waals surface area contributed by atoms with Crippen molar-refractivity contribution in [3.05, 3.63) is 42.0 Å². The van der Waals surface area contributed by atoms with Crippen LogP contribution in [0, 0.1) is 12.8 Å². The molecule has 0 radical (unpaired) electrons. The third-order valence-corrected chi connectivity index (χ3v) is 4.79. The maximum Gasteiger partial charge on any atom is 0.229 e. The Hall–Kier alpha value is -3.22. The number of carbonyl (C=O) groups is 2. The quantitative estimate of drug-likeness (QED) is 0.828. The van der Waals surface area contributed by atoms with Crippen molar-refractivity contribution >= 4 is 23.2 Å². The number of ether oxygens (including phenoxy) is 3. The van der Waals surface area contributed by atoms with Gasteiger partial charge in [-0.15, -0.1) is 0 Å². The summed E-state index contributed by atoms with van der Waals surface area (Å²) in [6.07, 6.45) is 0.140. The fourth-order valence-electron chi connectivity index (χ4n) is 3.26. The predicted molar refractivity (Wildman–Crippen MR) is 106 cm³/mol. The lowest BCUT2D eigenvalue weighted by molar-refractivity contribution is -0.122. The van der Waals surface area contributed by atoms with Gasteiger partial charge in [-0.25, -0.2) is 0 Å². The monoisotopic (exact) mass is 384 g/mol. The number of rotatable bonds is 6. The van der Waals surface area contributed by atoms with Crippen LogP contribution in [-0.4, -0.2) is 39.7 Å². The van der Waals surface area contributed by atoms with Gasteiger partial charge in [0.1, 0.15) is 17.2 Å². The molecule has 148 valence electrons. The lowest BCUT2D eigenvalue weighted by Gasteiger charge is -2.20. The molecule has 0 bridgehead atoms. The highest BCUT2D eigenvalue weighted by atomic mass is 16.5. The molecular formula is C21H24N2O5. The van der Waals surface area contributed by atoms with E-state index in [1.807, 2.05) is 25.1 Å². The van der Waals surface area contributed by atoms with Crippen LogP contribution in [0.4, 0.5) is 11.4 Å². The van der Waals surface area contributed by atoms with E-state index < -0.39 is 5.92 Å². The van der Waals surface area contributed by atoms with Crippen molar-refractivity contribution in [1.82, 2.24) is 0 Å². The Morgan fingerprint density at radius 2 is 1.79 bits per heavy atom. The number of hydrogen-bond acceptors (Lipinski definition) is 5. The molecule has 1 aliphatic heterocycles. The first-order valence-corrected chi connectivity index (χ1v) is 8.94. The second-order valence-electron chi connectivity index (χ2n) is 6.64. The van der Waals surface area contributed by atoms with E-state index in [4.69, 9.17) is 14.2 Å². The van der Waals surface area contributed by atoms with Crippen molar-refractivity contribution in [3.63, 3.8) is 0 Å². The number of benzene rings is 2. The Morgan fingerprint density at radius 1 is 1.04 bits per heavy atom. The summed E-state index contributed by atoms with van der Waals surface area (Å²) in [6, 6.07) is 10.8. The molecule has 0 unspecified atom stereocenters. The fraction of sp³-hybridized carbons (Fsp3) is 0.333. The van der Waals surface area contributed by atoms with Crippen molar-refractivity contribution in [1.29, 1.82) is 0 Å². The van der Waals surface area contributed by atoms with Crippen molar-refractivity contribution in [2.75, 3.05) is 38.1 Å². The van der Waals surface area contributed by atoms with Gasteiger partial charge in [0.2, 0.25) is 11.8 Å². The average Bonchev–Trinajstić information content (AvgIpc) is 3.09. The van der Waals surface area contributed by atoms with Gasteiger partial charge in [0.15, 0.2) is 0 Å². The van der Waals surface area contributed by atoms with Gasteiger partial charge < -0.3 is 24.4 Å². The predicted octanol–water partition coefficient (Wildman–Crippen LogP) is 3.01. The standard InChI is InChI=1S/C21H24N2O5/c1-13-5-8-18(27-3)17(9-13)23-12-14(10-20(23)24)21(25)22-16-7-6-15(26-2)11-19(16)28-4/h5-9,11,14H,10,12H2,1-4H3,(H,22,25)/t14-/m1/s1.